The van der Waals surface area contributed by atoms with Gasteiger partial charge < -0.3 is 19.1 Å². The molecule has 0 aliphatic carbocycles. The van der Waals surface area contributed by atoms with Crippen molar-refractivity contribution < 1.29 is 23.8 Å². The quantitative estimate of drug-likeness (QED) is 0.657. The maximum Gasteiger partial charge on any atom is 0.354 e. The summed E-state index contributed by atoms with van der Waals surface area (Å²) in [6.07, 6.45) is 1.80. The molecule has 0 aliphatic rings. The molecule has 0 amide bonds. The molecule has 8 heteroatoms. The Balaban J connectivity index is 2.25. The molecule has 1 aromatic carbocycles. The van der Waals surface area contributed by atoms with Gasteiger partial charge in [0.25, 0.3) is 0 Å². The first-order valence-corrected chi connectivity index (χ1v) is 8.52. The predicted octanol–water partition coefficient (Wildman–Crippen LogP) is 4.03. The highest BCUT2D eigenvalue weighted by atomic mass is 35.5. The van der Waals surface area contributed by atoms with Gasteiger partial charge in [0.05, 0.1) is 24.3 Å². The van der Waals surface area contributed by atoms with E-state index in [9.17, 15) is 14.3 Å². The Kier molecular flexibility index (Phi) is 5.74. The maximum absolute atomic E-state index is 14.0. The van der Waals surface area contributed by atoms with E-state index in [2.05, 4.69) is 4.98 Å². The molecule has 6 nitrogen and oxygen atoms in total. The van der Waals surface area contributed by atoms with Crippen LogP contribution in [0.25, 0.3) is 22.2 Å². The zero-order chi connectivity index (χ0) is 19.6. The zero-order valence-electron chi connectivity index (χ0n) is 14.8. The second kappa shape index (κ2) is 8.04. The molecule has 0 atom stereocenters. The largest absolute Gasteiger partial charge is 0.477 e. The van der Waals surface area contributed by atoms with Gasteiger partial charge in [-0.05, 0) is 29.8 Å². The smallest absolute Gasteiger partial charge is 0.354 e. The highest BCUT2D eigenvalue weighted by molar-refractivity contribution is 6.30. The van der Waals surface area contributed by atoms with Gasteiger partial charge in [0.1, 0.15) is 11.5 Å². The van der Waals surface area contributed by atoms with Gasteiger partial charge in [-0.2, -0.15) is 0 Å². The van der Waals surface area contributed by atoms with Crippen LogP contribution in [-0.4, -0.2) is 48.1 Å². The Morgan fingerprint density at radius 2 is 1.96 bits per heavy atom. The van der Waals surface area contributed by atoms with Crippen LogP contribution in [0.15, 0.2) is 36.5 Å². The normalized spacial score (nSPS) is 11.4. The summed E-state index contributed by atoms with van der Waals surface area (Å²) < 4.78 is 26.3. The van der Waals surface area contributed by atoms with E-state index in [0.717, 1.165) is 0 Å². The number of hydrogen-bond acceptors (Lipinski definition) is 4. The van der Waals surface area contributed by atoms with Crippen LogP contribution in [0.4, 0.5) is 4.39 Å². The van der Waals surface area contributed by atoms with Crippen LogP contribution in [0.2, 0.25) is 5.02 Å². The standard InChI is InChI=1S/C19H18ClFN2O4/c1-26-9-12(10-27-2)23-8-14(11-3-5-15(20)16(21)7-11)13-4-6-17(19(24)25)22-18(13)23/h3-8,12H,9-10H2,1-2H3,(H,24,25). The van der Waals surface area contributed by atoms with Gasteiger partial charge in [0.15, 0.2) is 5.69 Å². The fourth-order valence-electron chi connectivity index (χ4n) is 3.01. The zero-order valence-corrected chi connectivity index (χ0v) is 15.5. The predicted molar refractivity (Wildman–Crippen MR) is 99.9 cm³/mol. The lowest BCUT2D eigenvalue weighted by Gasteiger charge is -2.18. The Hall–Kier alpha value is -2.48. The van der Waals surface area contributed by atoms with Crippen molar-refractivity contribution in [3.05, 3.63) is 53.1 Å². The molecule has 2 aromatic heterocycles. The Bertz CT molecular complexity index is 983. The van der Waals surface area contributed by atoms with E-state index < -0.39 is 11.8 Å². The molecule has 3 rings (SSSR count). The summed E-state index contributed by atoms with van der Waals surface area (Å²) in [5, 5.41) is 10.0. The number of aromatic carboxylic acids is 1. The minimum absolute atomic E-state index is 0.0328. The molecular weight excluding hydrogens is 375 g/mol. The number of nitrogens with zero attached hydrogens (tertiary/aromatic N) is 2. The van der Waals surface area contributed by atoms with Crippen LogP contribution in [-0.2, 0) is 9.47 Å². The molecular formula is C19H18ClFN2O4. The summed E-state index contributed by atoms with van der Waals surface area (Å²) in [4.78, 5) is 15.6. The molecule has 0 saturated carbocycles. The third-order valence-electron chi connectivity index (χ3n) is 4.24. The maximum atomic E-state index is 14.0. The van der Waals surface area contributed by atoms with E-state index in [0.29, 0.717) is 35.4 Å². The Morgan fingerprint density at radius 3 is 2.56 bits per heavy atom. The number of aromatic nitrogens is 2. The molecule has 0 aliphatic heterocycles. The lowest BCUT2D eigenvalue weighted by Crippen LogP contribution is -2.19. The molecule has 0 saturated heterocycles. The molecule has 1 N–H and O–H groups in total. The number of carboxylic acid groups (broad SMARTS) is 1. The average Bonchev–Trinajstić information content (AvgIpc) is 3.02. The number of ether oxygens (including phenoxy) is 2. The van der Waals surface area contributed by atoms with Crippen molar-refractivity contribution in [2.75, 3.05) is 27.4 Å². The first-order chi connectivity index (χ1) is 13.0. The van der Waals surface area contributed by atoms with Gasteiger partial charge in [-0.3, -0.25) is 0 Å². The van der Waals surface area contributed by atoms with E-state index in [4.69, 9.17) is 21.1 Å². The molecule has 0 fully saturated rings. The second-order valence-corrected chi connectivity index (χ2v) is 6.42. The minimum Gasteiger partial charge on any atom is -0.477 e. The van der Waals surface area contributed by atoms with Crippen molar-refractivity contribution in [3.63, 3.8) is 0 Å². The van der Waals surface area contributed by atoms with Gasteiger partial charge in [0.2, 0.25) is 0 Å². The Labute approximate surface area is 160 Å². The summed E-state index contributed by atoms with van der Waals surface area (Å²) in [6, 6.07) is 7.39. The number of halogens is 2. The average molecular weight is 393 g/mol. The molecule has 0 spiro atoms. The summed E-state index contributed by atoms with van der Waals surface area (Å²) in [5.41, 5.74) is 1.70. The topological polar surface area (TPSA) is 73.6 Å². The molecule has 0 radical (unpaired) electrons. The minimum atomic E-state index is -1.13. The van der Waals surface area contributed by atoms with E-state index in [1.165, 1.54) is 18.2 Å². The highest BCUT2D eigenvalue weighted by Gasteiger charge is 2.20. The van der Waals surface area contributed by atoms with Gasteiger partial charge in [-0.15, -0.1) is 0 Å². The SMILES string of the molecule is COCC(COC)n1cc(-c2ccc(Cl)c(F)c2)c2ccc(C(=O)O)nc21. The van der Waals surface area contributed by atoms with Crippen LogP contribution < -0.4 is 0 Å². The number of carbonyl (C=O) groups is 1. The summed E-state index contributed by atoms with van der Waals surface area (Å²) >= 11 is 5.79. The van der Waals surface area contributed by atoms with Gasteiger partial charge in [0, 0.05) is 31.4 Å². The van der Waals surface area contributed by atoms with Crippen LogP contribution in [0.5, 0.6) is 0 Å². The van der Waals surface area contributed by atoms with Crippen molar-refractivity contribution in [1.82, 2.24) is 9.55 Å². The van der Waals surface area contributed by atoms with Crippen LogP contribution in [0.3, 0.4) is 0 Å². The highest BCUT2D eigenvalue weighted by Crippen LogP contribution is 2.33. The molecule has 0 unspecified atom stereocenters. The number of carboxylic acids is 1. The first kappa shape index (κ1) is 19.3. The van der Waals surface area contributed by atoms with Crippen molar-refractivity contribution in [2.45, 2.75) is 6.04 Å². The fraction of sp³-hybridized carbons (Fsp3) is 0.263. The number of benzene rings is 1. The van der Waals surface area contributed by atoms with E-state index >= 15 is 0 Å². The molecule has 142 valence electrons. The molecule has 3 aromatic rings. The molecule has 0 bridgehead atoms. The van der Waals surface area contributed by atoms with Gasteiger partial charge in [-0.1, -0.05) is 17.7 Å². The third kappa shape index (κ3) is 3.80. The van der Waals surface area contributed by atoms with Crippen LogP contribution in [0, 0.1) is 5.82 Å². The number of pyridine rings is 1. The first-order valence-electron chi connectivity index (χ1n) is 8.14. The van der Waals surface area contributed by atoms with Crippen molar-refractivity contribution in [3.8, 4) is 11.1 Å². The van der Waals surface area contributed by atoms with E-state index in [1.807, 2.05) is 0 Å². The van der Waals surface area contributed by atoms with E-state index in [1.54, 1.807) is 37.1 Å². The molecule has 27 heavy (non-hydrogen) atoms. The Morgan fingerprint density at radius 1 is 1.26 bits per heavy atom. The summed E-state index contributed by atoms with van der Waals surface area (Å²) in [6.45, 7) is 0.677. The second-order valence-electron chi connectivity index (χ2n) is 6.02. The fourth-order valence-corrected chi connectivity index (χ4v) is 3.13. The molecule has 2 heterocycles. The number of hydrogen-bond donors (Lipinski definition) is 1. The van der Waals surface area contributed by atoms with Crippen LogP contribution in [0.1, 0.15) is 16.5 Å². The number of methoxy groups -OCH3 is 2. The van der Waals surface area contributed by atoms with Gasteiger partial charge in [-0.25, -0.2) is 14.2 Å². The van der Waals surface area contributed by atoms with Crippen molar-refractivity contribution >= 4 is 28.6 Å². The van der Waals surface area contributed by atoms with Crippen molar-refractivity contribution in [2.24, 2.45) is 0 Å². The third-order valence-corrected chi connectivity index (χ3v) is 4.55. The number of fused-ring (bicyclic) bond motifs is 1. The number of rotatable bonds is 7. The van der Waals surface area contributed by atoms with Gasteiger partial charge >= 0.3 is 5.97 Å². The monoisotopic (exact) mass is 392 g/mol. The lowest BCUT2D eigenvalue weighted by atomic mass is 10.1. The lowest BCUT2D eigenvalue weighted by molar-refractivity contribution is 0.0690. The summed E-state index contributed by atoms with van der Waals surface area (Å²) in [7, 11) is 3.14. The van der Waals surface area contributed by atoms with Crippen molar-refractivity contribution in [1.29, 1.82) is 0 Å². The summed E-state index contributed by atoms with van der Waals surface area (Å²) in [5.74, 6) is -1.66. The van der Waals surface area contributed by atoms with Crippen LogP contribution >= 0.6 is 11.6 Å². The van der Waals surface area contributed by atoms with E-state index in [-0.39, 0.29) is 16.8 Å².